The summed E-state index contributed by atoms with van der Waals surface area (Å²) in [5, 5.41) is 10.5. The molecular formula is C26H28O5. The highest BCUT2D eigenvalue weighted by atomic mass is 16.7. The van der Waals surface area contributed by atoms with Crippen LogP contribution in [0.4, 0.5) is 0 Å². The third-order valence-electron chi connectivity index (χ3n) is 5.25. The molecule has 4 atom stereocenters. The molecule has 0 spiro atoms. The van der Waals surface area contributed by atoms with E-state index in [1.807, 2.05) is 91.0 Å². The predicted octanol–water partition coefficient (Wildman–Crippen LogP) is 4.09. The highest BCUT2D eigenvalue weighted by Crippen LogP contribution is 2.28. The lowest BCUT2D eigenvalue weighted by molar-refractivity contribution is -0.153. The second kappa shape index (κ2) is 11.2. The highest BCUT2D eigenvalue weighted by Gasteiger charge is 2.45. The first-order chi connectivity index (χ1) is 15.3. The lowest BCUT2D eigenvalue weighted by Gasteiger charge is -2.24. The Labute approximate surface area is 183 Å². The molecule has 0 unspecified atom stereocenters. The number of ether oxygens (including phenoxy) is 4. The van der Waals surface area contributed by atoms with Crippen LogP contribution in [0.1, 0.15) is 16.7 Å². The van der Waals surface area contributed by atoms with Crippen molar-refractivity contribution in [3.05, 3.63) is 108 Å². The van der Waals surface area contributed by atoms with E-state index in [1.54, 1.807) is 0 Å². The summed E-state index contributed by atoms with van der Waals surface area (Å²) in [6.45, 7) is 1.55. The van der Waals surface area contributed by atoms with E-state index in [9.17, 15) is 5.11 Å². The quantitative estimate of drug-likeness (QED) is 0.535. The second-order valence-corrected chi connectivity index (χ2v) is 7.59. The Kier molecular flexibility index (Phi) is 7.82. The molecule has 0 bridgehead atoms. The molecule has 0 aliphatic carbocycles. The third-order valence-corrected chi connectivity index (χ3v) is 5.25. The molecule has 1 N–H and O–H groups in total. The number of aliphatic hydroxyl groups excluding tert-OH is 1. The molecule has 5 heteroatoms. The van der Waals surface area contributed by atoms with Gasteiger partial charge in [-0.25, -0.2) is 0 Å². The summed E-state index contributed by atoms with van der Waals surface area (Å²) >= 11 is 0. The molecule has 0 saturated carbocycles. The first kappa shape index (κ1) is 21.7. The minimum atomic E-state index is -1.07. The zero-order valence-electron chi connectivity index (χ0n) is 17.4. The molecule has 5 nitrogen and oxygen atoms in total. The van der Waals surface area contributed by atoms with Crippen LogP contribution in [-0.2, 0) is 38.8 Å². The van der Waals surface area contributed by atoms with Crippen LogP contribution in [0.3, 0.4) is 0 Å². The first-order valence-corrected chi connectivity index (χ1v) is 10.6. The van der Waals surface area contributed by atoms with E-state index in [-0.39, 0.29) is 0 Å². The molecule has 162 valence electrons. The molecular weight excluding hydrogens is 392 g/mol. The monoisotopic (exact) mass is 420 g/mol. The van der Waals surface area contributed by atoms with E-state index in [0.717, 1.165) is 16.7 Å². The summed E-state index contributed by atoms with van der Waals surface area (Å²) in [5.41, 5.74) is 3.16. The second-order valence-electron chi connectivity index (χ2n) is 7.59. The minimum absolute atomic E-state index is 0.302. The van der Waals surface area contributed by atoms with Crippen LogP contribution in [0.5, 0.6) is 0 Å². The fraction of sp³-hybridized carbons (Fsp3) is 0.308. The molecule has 3 aromatic rings. The van der Waals surface area contributed by atoms with E-state index in [0.29, 0.717) is 26.4 Å². The molecule has 1 saturated heterocycles. The lowest BCUT2D eigenvalue weighted by atomic mass is 10.1. The van der Waals surface area contributed by atoms with Crippen LogP contribution in [0.15, 0.2) is 91.0 Å². The molecule has 0 radical (unpaired) electrons. The van der Waals surface area contributed by atoms with E-state index >= 15 is 0 Å². The van der Waals surface area contributed by atoms with Crippen LogP contribution in [0.25, 0.3) is 0 Å². The topological polar surface area (TPSA) is 57.2 Å². The van der Waals surface area contributed by atoms with Crippen molar-refractivity contribution in [1.82, 2.24) is 0 Å². The van der Waals surface area contributed by atoms with Crippen molar-refractivity contribution >= 4 is 0 Å². The molecule has 1 heterocycles. The van der Waals surface area contributed by atoms with E-state index in [4.69, 9.17) is 18.9 Å². The molecule has 31 heavy (non-hydrogen) atoms. The summed E-state index contributed by atoms with van der Waals surface area (Å²) in [6.07, 6.45) is -2.55. The van der Waals surface area contributed by atoms with Gasteiger partial charge in [0, 0.05) is 0 Å². The zero-order valence-corrected chi connectivity index (χ0v) is 17.4. The molecule has 0 amide bonds. The van der Waals surface area contributed by atoms with Crippen molar-refractivity contribution in [1.29, 1.82) is 0 Å². The number of rotatable bonds is 10. The van der Waals surface area contributed by atoms with Gasteiger partial charge < -0.3 is 24.1 Å². The van der Waals surface area contributed by atoms with Gasteiger partial charge in [0.15, 0.2) is 6.29 Å². The van der Waals surface area contributed by atoms with Crippen molar-refractivity contribution in [3.63, 3.8) is 0 Å². The Morgan fingerprint density at radius 1 is 0.613 bits per heavy atom. The lowest BCUT2D eigenvalue weighted by Crippen LogP contribution is -2.39. The van der Waals surface area contributed by atoms with Crippen molar-refractivity contribution in [3.8, 4) is 0 Å². The van der Waals surface area contributed by atoms with Gasteiger partial charge in [0.1, 0.15) is 18.3 Å². The first-order valence-electron chi connectivity index (χ1n) is 10.6. The van der Waals surface area contributed by atoms with Gasteiger partial charge >= 0.3 is 0 Å². The van der Waals surface area contributed by atoms with Crippen molar-refractivity contribution in [2.24, 2.45) is 0 Å². The van der Waals surface area contributed by atoms with Crippen LogP contribution in [-0.4, -0.2) is 36.3 Å². The predicted molar refractivity (Wildman–Crippen MR) is 117 cm³/mol. The highest BCUT2D eigenvalue weighted by molar-refractivity contribution is 5.15. The molecule has 1 fully saturated rings. The Bertz CT molecular complexity index is 887. The van der Waals surface area contributed by atoms with Gasteiger partial charge in [-0.3, -0.25) is 0 Å². The molecule has 3 aromatic carbocycles. The zero-order chi connectivity index (χ0) is 21.3. The maximum atomic E-state index is 10.5. The Hall–Kier alpha value is -2.54. The molecule has 1 aliphatic rings. The average Bonchev–Trinajstić information content (AvgIpc) is 3.12. The standard InChI is InChI=1S/C26H28O5/c27-26-25(30-18-22-14-8-3-9-15-22)24(29-17-21-12-6-2-7-13-21)23(31-26)19-28-16-20-10-4-1-5-11-20/h1-15,23-27H,16-19H2/t23-,24-,25+,26-/m1/s1. The van der Waals surface area contributed by atoms with Crippen LogP contribution >= 0.6 is 0 Å². The van der Waals surface area contributed by atoms with Gasteiger partial charge in [-0.15, -0.1) is 0 Å². The van der Waals surface area contributed by atoms with Crippen LogP contribution in [0.2, 0.25) is 0 Å². The third kappa shape index (κ3) is 6.23. The molecule has 0 aromatic heterocycles. The number of hydrogen-bond acceptors (Lipinski definition) is 5. The maximum absolute atomic E-state index is 10.5. The van der Waals surface area contributed by atoms with Crippen molar-refractivity contribution in [2.45, 2.75) is 44.4 Å². The van der Waals surface area contributed by atoms with Crippen molar-refractivity contribution < 1.29 is 24.1 Å². The summed E-state index contributed by atoms with van der Waals surface area (Å²) < 4.78 is 23.9. The summed E-state index contributed by atoms with van der Waals surface area (Å²) in [5.74, 6) is 0. The number of aliphatic hydroxyl groups is 1. The Balaban J connectivity index is 1.39. The van der Waals surface area contributed by atoms with Gasteiger partial charge in [-0.1, -0.05) is 91.0 Å². The summed E-state index contributed by atoms with van der Waals surface area (Å²) in [6, 6.07) is 29.8. The van der Waals surface area contributed by atoms with Gasteiger partial charge in [-0.05, 0) is 16.7 Å². The minimum Gasteiger partial charge on any atom is -0.374 e. The summed E-state index contributed by atoms with van der Waals surface area (Å²) in [4.78, 5) is 0. The SMILES string of the molecule is O[C@@H]1O[C@H](COCc2ccccc2)[C@@H](OCc2ccccc2)[C@@H]1OCc1ccccc1. The molecule has 4 rings (SSSR count). The average molecular weight is 421 g/mol. The summed E-state index contributed by atoms with van der Waals surface area (Å²) in [7, 11) is 0. The van der Waals surface area contributed by atoms with E-state index in [2.05, 4.69) is 0 Å². The molecule has 1 aliphatic heterocycles. The van der Waals surface area contributed by atoms with Crippen LogP contribution < -0.4 is 0 Å². The number of benzene rings is 3. The Morgan fingerprint density at radius 2 is 1.06 bits per heavy atom. The van der Waals surface area contributed by atoms with Crippen molar-refractivity contribution in [2.75, 3.05) is 6.61 Å². The van der Waals surface area contributed by atoms with E-state index < -0.39 is 24.6 Å². The Morgan fingerprint density at radius 3 is 1.58 bits per heavy atom. The van der Waals surface area contributed by atoms with Crippen LogP contribution in [0, 0.1) is 0 Å². The largest absolute Gasteiger partial charge is 0.374 e. The fourth-order valence-electron chi connectivity index (χ4n) is 3.62. The van der Waals surface area contributed by atoms with Gasteiger partial charge in [0.2, 0.25) is 0 Å². The normalized spacial score (nSPS) is 23.1. The smallest absolute Gasteiger partial charge is 0.184 e. The van der Waals surface area contributed by atoms with E-state index in [1.165, 1.54) is 0 Å². The van der Waals surface area contributed by atoms with Gasteiger partial charge in [0.05, 0.1) is 26.4 Å². The number of hydrogen-bond donors (Lipinski definition) is 1. The van der Waals surface area contributed by atoms with Gasteiger partial charge in [0.25, 0.3) is 0 Å². The van der Waals surface area contributed by atoms with Gasteiger partial charge in [-0.2, -0.15) is 0 Å². The fourth-order valence-corrected chi connectivity index (χ4v) is 3.62. The maximum Gasteiger partial charge on any atom is 0.184 e.